The van der Waals surface area contributed by atoms with Gasteiger partial charge >= 0.3 is 12.1 Å². The number of rotatable bonds is 5. The second kappa shape index (κ2) is 9.06. The summed E-state index contributed by atoms with van der Waals surface area (Å²) >= 11 is 0. The van der Waals surface area contributed by atoms with E-state index in [4.69, 9.17) is 4.74 Å². The first-order valence-corrected chi connectivity index (χ1v) is 12.4. The number of ether oxygens (including phenoxy) is 1. The average Bonchev–Trinajstić information content (AvgIpc) is 3.35. The number of nitrogens with zero attached hydrogens (tertiary/aromatic N) is 2. The fourth-order valence-corrected chi connectivity index (χ4v) is 6.34. The zero-order valence-corrected chi connectivity index (χ0v) is 20.1. The quantitative estimate of drug-likeness (QED) is 0.698. The Morgan fingerprint density at radius 1 is 1.03 bits per heavy atom. The van der Waals surface area contributed by atoms with Crippen LogP contribution in [0.15, 0.2) is 48.5 Å². The van der Waals surface area contributed by atoms with Crippen LogP contribution in [0.2, 0.25) is 0 Å². The van der Waals surface area contributed by atoms with Crippen molar-refractivity contribution in [1.29, 1.82) is 0 Å². The van der Waals surface area contributed by atoms with Crippen LogP contribution in [0, 0.1) is 17.3 Å². The molecular formula is C28H34N2O4. The third-order valence-electron chi connectivity index (χ3n) is 8.02. The average molecular weight is 463 g/mol. The van der Waals surface area contributed by atoms with Gasteiger partial charge in [0.05, 0.1) is 5.92 Å². The van der Waals surface area contributed by atoms with Gasteiger partial charge in [-0.05, 0) is 54.1 Å². The number of piperidine rings is 1. The zero-order valence-electron chi connectivity index (χ0n) is 20.1. The predicted octanol–water partition coefficient (Wildman–Crippen LogP) is 4.69. The van der Waals surface area contributed by atoms with Crippen LogP contribution in [0.1, 0.15) is 43.7 Å². The minimum atomic E-state index is -0.800. The van der Waals surface area contributed by atoms with E-state index in [-0.39, 0.29) is 24.5 Å². The van der Waals surface area contributed by atoms with Crippen molar-refractivity contribution < 1.29 is 19.4 Å². The Kier molecular flexibility index (Phi) is 6.11. The molecule has 180 valence electrons. The van der Waals surface area contributed by atoms with E-state index in [9.17, 15) is 14.7 Å². The third kappa shape index (κ3) is 4.09. The predicted molar refractivity (Wildman–Crippen MR) is 131 cm³/mol. The molecule has 2 aromatic carbocycles. The molecule has 1 spiro atoms. The number of carboxylic acids is 1. The summed E-state index contributed by atoms with van der Waals surface area (Å²) < 4.78 is 5.84. The summed E-state index contributed by atoms with van der Waals surface area (Å²) in [6.45, 7) is 8.19. The number of carboxylic acid groups (broad SMARTS) is 1. The molecule has 2 aliphatic heterocycles. The van der Waals surface area contributed by atoms with Crippen molar-refractivity contribution in [3.63, 3.8) is 0 Å². The molecule has 2 aromatic rings. The highest BCUT2D eigenvalue weighted by atomic mass is 16.6. The van der Waals surface area contributed by atoms with Gasteiger partial charge in [0.25, 0.3) is 0 Å². The van der Waals surface area contributed by atoms with Gasteiger partial charge in [-0.3, -0.25) is 4.79 Å². The van der Waals surface area contributed by atoms with Gasteiger partial charge < -0.3 is 19.6 Å². The number of carbonyl (C=O) groups is 2. The van der Waals surface area contributed by atoms with E-state index in [0.717, 1.165) is 32.5 Å². The van der Waals surface area contributed by atoms with E-state index >= 15 is 0 Å². The van der Waals surface area contributed by atoms with E-state index in [1.807, 2.05) is 24.3 Å². The maximum Gasteiger partial charge on any atom is 0.409 e. The van der Waals surface area contributed by atoms with Gasteiger partial charge in [0.2, 0.25) is 0 Å². The van der Waals surface area contributed by atoms with Crippen molar-refractivity contribution in [3.8, 4) is 11.1 Å². The molecule has 1 aliphatic carbocycles. The van der Waals surface area contributed by atoms with Crippen molar-refractivity contribution in [2.24, 2.45) is 17.3 Å². The first kappa shape index (κ1) is 22.9. The zero-order chi connectivity index (χ0) is 23.9. The molecule has 5 rings (SSSR count). The molecule has 0 bridgehead atoms. The molecular weight excluding hydrogens is 428 g/mol. The maximum absolute atomic E-state index is 13.1. The summed E-state index contributed by atoms with van der Waals surface area (Å²) in [6.07, 6.45) is 1.22. The van der Waals surface area contributed by atoms with Crippen LogP contribution < -0.4 is 0 Å². The minimum Gasteiger partial charge on any atom is -0.481 e. The van der Waals surface area contributed by atoms with Crippen LogP contribution in [-0.2, 0) is 9.53 Å². The Morgan fingerprint density at radius 3 is 2.18 bits per heavy atom. The summed E-state index contributed by atoms with van der Waals surface area (Å²) in [5, 5.41) is 9.97. The standard InChI is InChI=1S/C28H34N2O4/c1-19(2)15-29-13-11-28(12-14-29)18-30(16-25(28)26(31)32)27(33)34-17-24-22-9-5-3-7-20(22)21-8-4-6-10-23(21)24/h3-10,19,24-25H,11-18H2,1-2H3,(H,31,32). The number of aliphatic carboxylic acids is 1. The van der Waals surface area contributed by atoms with Gasteiger partial charge in [-0.15, -0.1) is 0 Å². The topological polar surface area (TPSA) is 70.1 Å². The van der Waals surface area contributed by atoms with Crippen molar-refractivity contribution in [2.75, 3.05) is 39.3 Å². The van der Waals surface area contributed by atoms with Crippen molar-refractivity contribution in [2.45, 2.75) is 32.6 Å². The molecule has 2 saturated heterocycles. The van der Waals surface area contributed by atoms with Gasteiger partial charge in [-0.25, -0.2) is 4.79 Å². The van der Waals surface area contributed by atoms with Gasteiger partial charge in [-0.2, -0.15) is 0 Å². The molecule has 34 heavy (non-hydrogen) atoms. The van der Waals surface area contributed by atoms with Crippen LogP contribution in [0.5, 0.6) is 0 Å². The molecule has 2 fully saturated rings. The molecule has 6 heteroatoms. The summed E-state index contributed by atoms with van der Waals surface area (Å²) in [5.41, 5.74) is 4.38. The first-order valence-electron chi connectivity index (χ1n) is 12.4. The number of fused-ring (bicyclic) bond motifs is 3. The maximum atomic E-state index is 13.1. The lowest BCUT2D eigenvalue weighted by atomic mass is 9.71. The third-order valence-corrected chi connectivity index (χ3v) is 8.02. The summed E-state index contributed by atoms with van der Waals surface area (Å²) in [4.78, 5) is 29.3. The van der Waals surface area contributed by atoms with Crippen LogP contribution in [0.3, 0.4) is 0 Å². The largest absolute Gasteiger partial charge is 0.481 e. The molecule has 0 saturated carbocycles. The smallest absolute Gasteiger partial charge is 0.409 e. The summed E-state index contributed by atoms with van der Waals surface area (Å²) in [7, 11) is 0. The molecule has 1 amide bonds. The monoisotopic (exact) mass is 462 g/mol. The molecule has 3 aliphatic rings. The lowest BCUT2D eigenvalue weighted by Crippen LogP contribution is -2.47. The van der Waals surface area contributed by atoms with Crippen LogP contribution >= 0.6 is 0 Å². The van der Waals surface area contributed by atoms with Crippen LogP contribution in [0.25, 0.3) is 11.1 Å². The molecule has 1 atom stereocenters. The molecule has 1 unspecified atom stereocenters. The van der Waals surface area contributed by atoms with E-state index in [0.29, 0.717) is 12.5 Å². The lowest BCUT2D eigenvalue weighted by molar-refractivity contribution is -0.145. The highest BCUT2D eigenvalue weighted by Gasteiger charge is 2.53. The number of likely N-dealkylation sites (tertiary alicyclic amines) is 2. The fourth-order valence-electron chi connectivity index (χ4n) is 6.34. The van der Waals surface area contributed by atoms with Crippen molar-refractivity contribution in [1.82, 2.24) is 9.80 Å². The highest BCUT2D eigenvalue weighted by molar-refractivity contribution is 5.79. The first-order chi connectivity index (χ1) is 16.4. The molecule has 2 heterocycles. The van der Waals surface area contributed by atoms with Crippen molar-refractivity contribution >= 4 is 12.1 Å². The number of amides is 1. The Hall–Kier alpha value is -2.86. The van der Waals surface area contributed by atoms with Gasteiger partial charge in [0.15, 0.2) is 0 Å². The minimum absolute atomic E-state index is 0.00227. The van der Waals surface area contributed by atoms with Gasteiger partial charge in [0.1, 0.15) is 6.61 Å². The van der Waals surface area contributed by atoms with E-state index < -0.39 is 18.0 Å². The van der Waals surface area contributed by atoms with Crippen LogP contribution in [-0.4, -0.2) is 66.3 Å². The fraction of sp³-hybridized carbons (Fsp3) is 0.500. The number of hydrogen-bond acceptors (Lipinski definition) is 4. The number of hydrogen-bond donors (Lipinski definition) is 1. The molecule has 1 N–H and O–H groups in total. The number of benzene rings is 2. The highest BCUT2D eigenvalue weighted by Crippen LogP contribution is 2.46. The van der Waals surface area contributed by atoms with E-state index in [1.54, 1.807) is 4.90 Å². The summed E-state index contributed by atoms with van der Waals surface area (Å²) in [5.74, 6) is -0.742. The summed E-state index contributed by atoms with van der Waals surface area (Å²) in [6, 6.07) is 16.5. The van der Waals surface area contributed by atoms with Crippen LogP contribution in [0.4, 0.5) is 4.79 Å². The van der Waals surface area contributed by atoms with Gasteiger partial charge in [-0.1, -0.05) is 62.4 Å². The van der Waals surface area contributed by atoms with Gasteiger partial charge in [0, 0.05) is 31.0 Å². The number of carbonyl (C=O) groups excluding carboxylic acids is 1. The second-order valence-corrected chi connectivity index (χ2v) is 10.6. The normalized spacial score (nSPS) is 21.6. The Morgan fingerprint density at radius 2 is 1.62 bits per heavy atom. The second-order valence-electron chi connectivity index (χ2n) is 10.6. The Balaban J connectivity index is 1.27. The SMILES string of the molecule is CC(C)CN1CCC2(CC1)CN(C(=O)OCC1c3ccccc3-c3ccccc31)CC2C(=O)O. The molecule has 0 radical (unpaired) electrons. The lowest BCUT2D eigenvalue weighted by Gasteiger charge is -2.41. The van der Waals surface area contributed by atoms with E-state index in [1.165, 1.54) is 22.3 Å². The Bertz CT molecular complexity index is 1030. The Labute approximate surface area is 201 Å². The molecule has 0 aromatic heterocycles. The van der Waals surface area contributed by atoms with Crippen molar-refractivity contribution in [3.05, 3.63) is 59.7 Å². The molecule has 6 nitrogen and oxygen atoms in total. The van der Waals surface area contributed by atoms with E-state index in [2.05, 4.69) is 43.0 Å².